The Bertz CT molecular complexity index is 1780. The van der Waals surface area contributed by atoms with Crippen molar-refractivity contribution < 1.29 is 27.4 Å². The van der Waals surface area contributed by atoms with E-state index in [0.29, 0.717) is 13.0 Å². The zero-order valence-corrected chi connectivity index (χ0v) is 25.0. The largest absolute Gasteiger partial charge is 0.744 e. The van der Waals surface area contributed by atoms with Gasteiger partial charge in [0, 0.05) is 53.4 Å². The Hall–Kier alpha value is -4.01. The maximum Gasteiger partial charge on any atom is 0.213 e. The number of hydrogen-bond acceptors (Lipinski definition) is 6. The lowest BCUT2D eigenvalue weighted by Crippen LogP contribution is -2.36. The van der Waals surface area contributed by atoms with E-state index in [1.807, 2.05) is 38.1 Å². The van der Waals surface area contributed by atoms with Crippen molar-refractivity contribution in [3.63, 3.8) is 0 Å². The fraction of sp³-hybridized carbons (Fsp3) is 0.294. The number of likely N-dealkylation sites (N-methyl/N-ethyl adjacent to an activating group) is 1. The smallest absolute Gasteiger partial charge is 0.213 e. The second-order valence-electron chi connectivity index (χ2n) is 11.2. The molecule has 0 unspecified atom stereocenters. The molecule has 218 valence electrons. The van der Waals surface area contributed by atoms with Crippen LogP contribution in [0.15, 0.2) is 89.5 Å². The molecule has 0 radical (unpaired) electrons. The Morgan fingerprint density at radius 3 is 2.19 bits per heavy atom. The van der Waals surface area contributed by atoms with Crippen LogP contribution in [0.25, 0.3) is 27.9 Å². The summed E-state index contributed by atoms with van der Waals surface area (Å²) in [6, 6.07) is 21.3. The predicted octanol–water partition coefficient (Wildman–Crippen LogP) is 5.21. The molecule has 0 bridgehead atoms. The molecule has 0 N–H and O–H groups in total. The summed E-state index contributed by atoms with van der Waals surface area (Å²) in [7, 11) is -4.56. The number of allylic oxidation sites excluding steroid dienone is 3. The highest BCUT2D eigenvalue weighted by Gasteiger charge is 2.39. The number of carboxylic acids is 1. The average molecular weight is 584 g/mol. The van der Waals surface area contributed by atoms with Gasteiger partial charge in [-0.2, -0.15) is 4.57 Å². The summed E-state index contributed by atoms with van der Waals surface area (Å²) in [5.41, 5.74) is 5.56. The van der Waals surface area contributed by atoms with Gasteiger partial charge in [0.1, 0.15) is 16.7 Å². The number of unbranched alkanes of at least 4 members (excludes halogenated alkanes) is 2. The lowest BCUT2D eigenvalue weighted by Gasteiger charge is -2.25. The van der Waals surface area contributed by atoms with Crippen LogP contribution in [0, 0.1) is 0 Å². The van der Waals surface area contributed by atoms with Gasteiger partial charge in [-0.3, -0.25) is 0 Å². The first-order valence-electron chi connectivity index (χ1n) is 14.3. The van der Waals surface area contributed by atoms with Crippen LogP contribution in [0.4, 0.5) is 5.69 Å². The van der Waals surface area contributed by atoms with Crippen molar-refractivity contribution >= 4 is 49.7 Å². The molecule has 0 saturated heterocycles. The van der Waals surface area contributed by atoms with Gasteiger partial charge in [-0.25, -0.2) is 8.42 Å². The van der Waals surface area contributed by atoms with Crippen molar-refractivity contribution in [1.82, 2.24) is 0 Å². The number of fused-ring (bicyclic) bond motifs is 3. The van der Waals surface area contributed by atoms with Gasteiger partial charge >= 0.3 is 0 Å². The Balaban J connectivity index is 1.55. The Morgan fingerprint density at radius 2 is 1.60 bits per heavy atom. The second-order valence-corrected chi connectivity index (χ2v) is 12.6. The molecule has 2 heterocycles. The van der Waals surface area contributed by atoms with E-state index in [0.717, 1.165) is 63.7 Å². The summed E-state index contributed by atoms with van der Waals surface area (Å²) in [6.45, 7) is 7.62. The van der Waals surface area contributed by atoms with E-state index in [9.17, 15) is 22.9 Å². The number of para-hydroxylation sites is 2. The van der Waals surface area contributed by atoms with Crippen LogP contribution >= 0.6 is 0 Å². The van der Waals surface area contributed by atoms with Crippen molar-refractivity contribution in [2.75, 3.05) is 11.4 Å². The summed E-state index contributed by atoms with van der Waals surface area (Å²) in [5, 5.41) is 13.0. The van der Waals surface area contributed by atoms with Crippen molar-refractivity contribution in [3.05, 3.63) is 95.7 Å². The highest BCUT2D eigenvalue weighted by Crippen LogP contribution is 2.48. The molecular formula is C34H35N2O5S-. The van der Waals surface area contributed by atoms with E-state index in [2.05, 4.69) is 58.9 Å². The molecule has 42 heavy (non-hydrogen) atoms. The first kappa shape index (κ1) is 29.5. The Labute approximate surface area is 247 Å². The van der Waals surface area contributed by atoms with E-state index in [-0.39, 0.29) is 11.3 Å². The number of aryl methyl sites for hydroxylation is 1. The summed E-state index contributed by atoms with van der Waals surface area (Å²) in [4.78, 5) is 12.8. The monoisotopic (exact) mass is 583 g/mol. The molecule has 0 fully saturated rings. The molecule has 1 aromatic heterocycles. The second kappa shape index (κ2) is 11.7. The zero-order valence-electron chi connectivity index (χ0n) is 24.2. The van der Waals surface area contributed by atoms with Gasteiger partial charge in [0.05, 0.1) is 15.7 Å². The summed E-state index contributed by atoms with van der Waals surface area (Å²) in [5.74, 6) is -1.00. The first-order valence-corrected chi connectivity index (χ1v) is 15.7. The van der Waals surface area contributed by atoms with Crippen molar-refractivity contribution in [1.29, 1.82) is 0 Å². The van der Waals surface area contributed by atoms with Crippen LogP contribution in [0.5, 0.6) is 0 Å². The van der Waals surface area contributed by atoms with Gasteiger partial charge in [-0.1, -0.05) is 50.3 Å². The normalized spacial score (nSPS) is 15.7. The van der Waals surface area contributed by atoms with Gasteiger partial charge < -0.3 is 19.4 Å². The number of hydrogen-bond donors (Lipinski definition) is 0. The molecule has 7 nitrogen and oxygen atoms in total. The molecule has 3 aromatic carbocycles. The van der Waals surface area contributed by atoms with Crippen LogP contribution in [0.2, 0.25) is 0 Å². The summed E-state index contributed by atoms with van der Waals surface area (Å²) in [6.07, 6.45) is 8.63. The average Bonchev–Trinajstić information content (AvgIpc) is 3.17. The minimum atomic E-state index is -4.56. The standard InChI is InChI=1S/C34H36N2O5S/c1-4-35-31-21-20-24(42(39,40)41)23-28(31)34(2,3)32(35)18-12-15-25-26-13-7-9-16-29(26)36(22-11-5-6-19-33(37)38)30-17-10-8-14-27(25)30/h7-10,12-18,20-21,23H,4-6,11,19,22H2,1-3H3,(H-,37,38,39,40,41)/p-1. The zero-order chi connectivity index (χ0) is 30.1. The predicted molar refractivity (Wildman–Crippen MR) is 163 cm³/mol. The van der Waals surface area contributed by atoms with Crippen LogP contribution < -0.4 is 14.6 Å². The van der Waals surface area contributed by atoms with Gasteiger partial charge in [-0.05, 0) is 68.2 Å². The van der Waals surface area contributed by atoms with E-state index >= 15 is 0 Å². The highest BCUT2D eigenvalue weighted by atomic mass is 32.2. The number of carbonyl (C=O) groups is 1. The van der Waals surface area contributed by atoms with Crippen molar-refractivity contribution in [3.8, 4) is 0 Å². The maximum absolute atomic E-state index is 11.7. The lowest BCUT2D eigenvalue weighted by atomic mass is 9.83. The molecule has 0 aliphatic carbocycles. The molecular weight excluding hydrogens is 548 g/mol. The number of pyridine rings is 1. The number of anilines is 1. The summed E-state index contributed by atoms with van der Waals surface area (Å²) < 4.78 is 37.5. The molecule has 1 aliphatic rings. The minimum Gasteiger partial charge on any atom is -0.744 e. The van der Waals surface area contributed by atoms with Crippen LogP contribution in [0.3, 0.4) is 0 Å². The molecule has 0 atom stereocenters. The third kappa shape index (κ3) is 5.56. The molecule has 8 heteroatoms. The molecule has 4 aromatic rings. The number of benzene rings is 3. The first-order chi connectivity index (χ1) is 20.0. The van der Waals surface area contributed by atoms with Crippen LogP contribution in [-0.4, -0.2) is 25.5 Å². The number of carbonyl (C=O) groups excluding carboxylic acids is 1. The fourth-order valence-electron chi connectivity index (χ4n) is 6.17. The van der Waals surface area contributed by atoms with E-state index < -0.39 is 21.5 Å². The fourth-order valence-corrected chi connectivity index (χ4v) is 6.67. The number of aliphatic carboxylic acids is 1. The maximum atomic E-state index is 11.7. The SMILES string of the molecule is CCN1C(=CC=Cc2c3ccccc3[n+](CCCCCC(=O)[O-])c3ccccc23)C(C)(C)c2cc(S(=O)(=O)[O-])ccc21. The van der Waals surface area contributed by atoms with E-state index in [4.69, 9.17) is 0 Å². The van der Waals surface area contributed by atoms with Gasteiger partial charge in [0.15, 0.2) is 0 Å². The van der Waals surface area contributed by atoms with Crippen LogP contribution in [0.1, 0.15) is 57.6 Å². The highest BCUT2D eigenvalue weighted by molar-refractivity contribution is 7.85. The molecule has 1 aliphatic heterocycles. The molecule has 0 spiro atoms. The number of aromatic nitrogens is 1. The van der Waals surface area contributed by atoms with E-state index in [1.54, 1.807) is 6.07 Å². The topological polar surface area (TPSA) is 104 Å². The van der Waals surface area contributed by atoms with Gasteiger partial charge in [0.2, 0.25) is 11.0 Å². The van der Waals surface area contributed by atoms with E-state index in [1.165, 1.54) is 12.1 Å². The number of rotatable bonds is 10. The third-order valence-electron chi connectivity index (χ3n) is 8.22. The summed E-state index contributed by atoms with van der Waals surface area (Å²) >= 11 is 0. The van der Waals surface area contributed by atoms with Crippen LogP contribution in [-0.2, 0) is 26.9 Å². The van der Waals surface area contributed by atoms with Crippen molar-refractivity contribution in [2.45, 2.75) is 63.3 Å². The number of carboxylic acid groups (broad SMARTS) is 1. The minimum absolute atomic E-state index is 0.0850. The van der Waals surface area contributed by atoms with Gasteiger partial charge in [-0.15, -0.1) is 0 Å². The Morgan fingerprint density at radius 1 is 0.952 bits per heavy atom. The van der Waals surface area contributed by atoms with Gasteiger partial charge in [0.25, 0.3) is 0 Å². The lowest BCUT2D eigenvalue weighted by molar-refractivity contribution is -0.645. The van der Waals surface area contributed by atoms with Crippen molar-refractivity contribution in [2.24, 2.45) is 0 Å². The quantitative estimate of drug-likeness (QED) is 0.110. The number of nitrogens with zero attached hydrogens (tertiary/aromatic N) is 2. The third-order valence-corrected chi connectivity index (χ3v) is 9.05. The Kier molecular flexibility index (Phi) is 8.21. The molecule has 0 amide bonds. The molecule has 5 rings (SSSR count). The molecule has 0 saturated carbocycles.